The fraction of sp³-hybridized carbons (Fsp3) is 0.231. The zero-order valence-electron chi connectivity index (χ0n) is 50.4. The van der Waals surface area contributed by atoms with Crippen LogP contribution in [0.3, 0.4) is 0 Å². The van der Waals surface area contributed by atoms with Gasteiger partial charge in [0.25, 0.3) is 0 Å². The van der Waals surface area contributed by atoms with Crippen molar-refractivity contribution in [1.82, 2.24) is 4.57 Å². The van der Waals surface area contributed by atoms with Crippen LogP contribution in [0.15, 0.2) is 212 Å². The molecule has 0 saturated carbocycles. The van der Waals surface area contributed by atoms with Gasteiger partial charge in [0.05, 0.1) is 27.8 Å². The van der Waals surface area contributed by atoms with E-state index in [2.05, 4.69) is 241 Å². The minimum Gasteiger partial charge on any atom is -0.309 e. The van der Waals surface area contributed by atoms with Gasteiger partial charge in [0.2, 0.25) is 0 Å². The van der Waals surface area contributed by atoms with E-state index < -0.39 is 23.5 Å². The number of rotatable bonds is 8. The van der Waals surface area contributed by atoms with Gasteiger partial charge in [-0.25, -0.2) is 0 Å². The van der Waals surface area contributed by atoms with E-state index in [-0.39, 0.29) is 38.9 Å². The van der Waals surface area contributed by atoms with Crippen LogP contribution in [0.1, 0.15) is 116 Å². The summed E-state index contributed by atoms with van der Waals surface area (Å²) < 4.78 is 89.4. The van der Waals surface area contributed by atoms with Gasteiger partial charge < -0.3 is 4.57 Å². The molecule has 0 aliphatic carbocycles. The number of para-hydroxylation sites is 1. The molecule has 7 heteroatoms. The molecule has 1 heterocycles. The van der Waals surface area contributed by atoms with Gasteiger partial charge in [0, 0.05) is 16.3 Å². The van der Waals surface area contributed by atoms with Crippen molar-refractivity contribution in [3.05, 3.63) is 246 Å². The van der Waals surface area contributed by atoms with E-state index >= 15 is 0 Å². The van der Waals surface area contributed by atoms with Crippen LogP contribution in [0, 0.1) is 0 Å². The highest BCUT2D eigenvalue weighted by molar-refractivity contribution is 6.12. The number of hydrogen-bond donors (Lipinski definition) is 0. The van der Waals surface area contributed by atoms with Crippen LogP contribution >= 0.6 is 0 Å². The normalized spacial score (nSPS) is 12.8. The van der Waals surface area contributed by atoms with Gasteiger partial charge in [-0.1, -0.05) is 210 Å². The summed E-state index contributed by atoms with van der Waals surface area (Å²) in [6, 6.07) is 69.5. The lowest BCUT2D eigenvalue weighted by molar-refractivity contribution is -0.143. The molecule has 0 bridgehead atoms. The van der Waals surface area contributed by atoms with E-state index in [4.69, 9.17) is 0 Å². The molecule has 430 valence electrons. The highest BCUT2D eigenvalue weighted by atomic mass is 19.4. The Labute approximate surface area is 496 Å². The first kappa shape index (κ1) is 58.4. The number of halogens is 6. The van der Waals surface area contributed by atoms with Gasteiger partial charge in [0.1, 0.15) is 0 Å². The summed E-state index contributed by atoms with van der Waals surface area (Å²) in [6.07, 6.45) is -10.1. The monoisotopic (exact) mass is 1140 g/mol. The summed E-state index contributed by atoms with van der Waals surface area (Å²) in [7, 11) is 0. The van der Waals surface area contributed by atoms with Crippen molar-refractivity contribution >= 4 is 21.8 Å². The predicted octanol–water partition coefficient (Wildman–Crippen LogP) is 23.7. The summed E-state index contributed by atoms with van der Waals surface area (Å²) in [5, 5.41) is 1.71. The van der Waals surface area contributed by atoms with Crippen LogP contribution in [-0.4, -0.2) is 4.57 Å². The second-order valence-corrected chi connectivity index (χ2v) is 27.0. The van der Waals surface area contributed by atoms with Gasteiger partial charge in [-0.15, -0.1) is 0 Å². The molecule has 0 unspecified atom stereocenters. The van der Waals surface area contributed by atoms with Crippen LogP contribution < -0.4 is 0 Å². The number of hydrogen-bond acceptors (Lipinski definition) is 0. The van der Waals surface area contributed by atoms with E-state index in [9.17, 15) is 26.3 Å². The average Bonchev–Trinajstić information content (AvgIpc) is 2.16. The van der Waals surface area contributed by atoms with Crippen molar-refractivity contribution in [2.45, 2.75) is 117 Å². The molecule has 1 aromatic heterocycles. The Morgan fingerprint density at radius 1 is 0.235 bits per heavy atom. The quantitative estimate of drug-likeness (QED) is 0.134. The van der Waals surface area contributed by atoms with Crippen molar-refractivity contribution in [2.24, 2.45) is 0 Å². The van der Waals surface area contributed by atoms with Gasteiger partial charge >= 0.3 is 12.4 Å². The van der Waals surface area contributed by atoms with Gasteiger partial charge in [-0.05, 0) is 201 Å². The van der Waals surface area contributed by atoms with E-state index in [1.165, 1.54) is 22.3 Å². The average molecular weight is 1140 g/mol. The van der Waals surface area contributed by atoms with Crippen LogP contribution in [-0.2, 0) is 34.0 Å². The Morgan fingerprint density at radius 2 is 0.518 bits per heavy atom. The molecule has 0 atom stereocenters. The predicted molar refractivity (Wildman–Crippen MR) is 344 cm³/mol. The molecular formula is C78H71F6N. The van der Waals surface area contributed by atoms with Crippen LogP contribution in [0.5, 0.6) is 0 Å². The first-order valence-corrected chi connectivity index (χ1v) is 29.1. The van der Waals surface area contributed by atoms with E-state index in [1.54, 1.807) is 24.3 Å². The topological polar surface area (TPSA) is 4.93 Å². The number of benzene rings is 10. The van der Waals surface area contributed by atoms with Crippen molar-refractivity contribution < 1.29 is 26.3 Å². The molecule has 0 radical (unpaired) electrons. The summed E-state index contributed by atoms with van der Waals surface area (Å²) in [5.74, 6) is 0. The second kappa shape index (κ2) is 21.3. The molecular weight excluding hydrogens is 1060 g/mol. The summed E-state index contributed by atoms with van der Waals surface area (Å²) in [5.41, 5.74) is 16.0. The molecule has 11 rings (SSSR count). The number of aromatic nitrogens is 1. The fourth-order valence-electron chi connectivity index (χ4n) is 11.6. The second-order valence-electron chi connectivity index (χ2n) is 27.0. The Bertz CT molecular complexity index is 3960. The van der Waals surface area contributed by atoms with Gasteiger partial charge in [0.15, 0.2) is 0 Å². The smallest absolute Gasteiger partial charge is 0.309 e. The number of fused-ring (bicyclic) bond motifs is 3. The largest absolute Gasteiger partial charge is 0.416 e. The van der Waals surface area contributed by atoms with E-state index in [0.717, 1.165) is 101 Å². The van der Waals surface area contributed by atoms with Gasteiger partial charge in [-0.3, -0.25) is 0 Å². The minimum atomic E-state index is -5.03. The van der Waals surface area contributed by atoms with Crippen LogP contribution in [0.4, 0.5) is 26.3 Å². The zero-order valence-corrected chi connectivity index (χ0v) is 50.4. The summed E-state index contributed by atoms with van der Waals surface area (Å²) >= 11 is 0. The molecule has 1 nitrogen and oxygen atoms in total. The third-order valence-electron chi connectivity index (χ3n) is 16.6. The Balaban J connectivity index is 1.19. The number of nitrogens with zero attached hydrogens (tertiary/aromatic N) is 1. The molecule has 11 aromatic rings. The molecule has 0 spiro atoms. The summed E-state index contributed by atoms with van der Waals surface area (Å²) in [4.78, 5) is 0. The molecule has 85 heavy (non-hydrogen) atoms. The van der Waals surface area contributed by atoms with Crippen LogP contribution in [0.2, 0.25) is 0 Å². The molecule has 10 aromatic carbocycles. The lowest BCUT2D eigenvalue weighted by Crippen LogP contribution is -2.11. The third kappa shape index (κ3) is 12.0. The zero-order chi connectivity index (χ0) is 60.8. The minimum absolute atomic E-state index is 0.0898. The Hall–Kier alpha value is -8.42. The molecule has 0 saturated heterocycles. The number of alkyl halides is 6. The molecule has 0 fully saturated rings. The SMILES string of the molecule is CC(C)(C)c1cccc(-c2cc(-c3cccc(C(C)(C)C)c3)cc(-c3ccc4c(c3)c3cc(-c5cc(-c6cccc(C(C)(C)C)c6)cc(-c6cccc(C(C)(C)C)c6)c5)ccc3n4-c3ccccc3-c3cc(C(F)(F)F)cc(C(F)(F)F)c3)c2)c1. The first-order valence-electron chi connectivity index (χ1n) is 29.1. The van der Waals surface area contributed by atoms with E-state index in [0.29, 0.717) is 5.69 Å². The van der Waals surface area contributed by atoms with Crippen molar-refractivity contribution in [1.29, 1.82) is 0 Å². The Morgan fingerprint density at radius 3 is 0.812 bits per heavy atom. The molecule has 0 aliphatic heterocycles. The van der Waals surface area contributed by atoms with Gasteiger partial charge in [-0.2, -0.15) is 26.3 Å². The van der Waals surface area contributed by atoms with E-state index in [1.807, 2.05) is 16.7 Å². The van der Waals surface area contributed by atoms with Crippen LogP contribution in [0.25, 0.3) is 105 Å². The maximum absolute atomic E-state index is 14.6. The van der Waals surface area contributed by atoms with Crippen molar-refractivity contribution in [3.63, 3.8) is 0 Å². The molecule has 0 amide bonds. The summed E-state index contributed by atoms with van der Waals surface area (Å²) in [6.45, 7) is 26.6. The lowest BCUT2D eigenvalue weighted by atomic mass is 9.84. The van der Waals surface area contributed by atoms with Crippen molar-refractivity contribution in [2.75, 3.05) is 0 Å². The molecule has 0 aliphatic rings. The highest BCUT2D eigenvalue weighted by Gasteiger charge is 2.37. The maximum atomic E-state index is 14.6. The fourth-order valence-corrected chi connectivity index (χ4v) is 11.6. The standard InChI is InChI=1S/C78H71F6N/c1-73(2,3)61-23-15-19-48(39-61)54-33-55(49-20-16-24-62(40-49)74(4,5)6)36-58(35-54)52-29-31-71-68(45-52)69-46-53(30-32-72(69)85(71)70-28-14-13-27-67(70)60-43-65(77(79,80)81)47-66(44-60)78(82,83)84)59-37-56(50-21-17-25-63(41-50)75(7,8)9)34-57(38-59)51-22-18-26-64(42-51)76(10,11)12/h13-47H,1-12H3. The maximum Gasteiger partial charge on any atom is 0.416 e. The highest BCUT2D eigenvalue weighted by Crippen LogP contribution is 2.46. The molecule has 0 N–H and O–H groups in total. The van der Waals surface area contributed by atoms with Crippen molar-refractivity contribution in [3.8, 4) is 83.6 Å². The third-order valence-corrected chi connectivity index (χ3v) is 16.6. The Kier molecular flexibility index (Phi) is 14.6. The lowest BCUT2D eigenvalue weighted by Gasteiger charge is -2.21. The first-order chi connectivity index (χ1) is 39.9.